The Labute approximate surface area is 266 Å². The number of rotatable bonds is 10. The molecule has 0 fully saturated rings. The number of carbonyl (C=O) groups excluding carboxylic acids is 2. The molecule has 1 amide bonds. The van der Waals surface area contributed by atoms with Crippen molar-refractivity contribution in [3.63, 3.8) is 0 Å². The molecule has 1 aliphatic heterocycles. The molecule has 0 aliphatic carbocycles. The van der Waals surface area contributed by atoms with Gasteiger partial charge in [0.1, 0.15) is 24.5 Å². The van der Waals surface area contributed by atoms with Crippen LogP contribution in [0.5, 0.6) is 11.5 Å². The zero-order valence-corrected chi connectivity index (χ0v) is 25.7. The van der Waals surface area contributed by atoms with Crippen LogP contribution in [-0.4, -0.2) is 53.3 Å². The number of hydrogen-bond donors (Lipinski definition) is 3. The smallest absolute Gasteiger partial charge is 0.322 e. The number of nitrogen functional groups attached to an aromatic ring is 2. The van der Waals surface area contributed by atoms with Crippen LogP contribution in [-0.2, 0) is 27.4 Å². The maximum Gasteiger partial charge on any atom is 0.322 e. The van der Waals surface area contributed by atoms with Gasteiger partial charge < -0.3 is 31.4 Å². The Morgan fingerprint density at radius 1 is 1.02 bits per heavy atom. The summed E-state index contributed by atoms with van der Waals surface area (Å²) in [6.07, 6.45) is 6.76. The van der Waals surface area contributed by atoms with Gasteiger partial charge in [0.15, 0.2) is 11.5 Å². The third kappa shape index (κ3) is 6.97. The summed E-state index contributed by atoms with van der Waals surface area (Å²) >= 11 is 0. The Bertz CT molecular complexity index is 1800. The van der Waals surface area contributed by atoms with Crippen molar-refractivity contribution < 1.29 is 23.8 Å². The Balaban J connectivity index is 1.44. The summed E-state index contributed by atoms with van der Waals surface area (Å²) in [7, 11) is 3.07. The van der Waals surface area contributed by atoms with Gasteiger partial charge in [0.2, 0.25) is 5.95 Å². The molecule has 12 nitrogen and oxygen atoms in total. The molecular weight excluding hydrogens is 586 g/mol. The summed E-state index contributed by atoms with van der Waals surface area (Å²) in [4.78, 5) is 33.7. The molecular formula is C34H35N7O5. The number of hydrogen-bond acceptors (Lipinski definition) is 11. The van der Waals surface area contributed by atoms with E-state index < -0.39 is 18.1 Å². The first kappa shape index (κ1) is 31.7. The molecule has 1 unspecified atom stereocenters. The number of aromatic nitrogens is 2. The van der Waals surface area contributed by atoms with Gasteiger partial charge in [0, 0.05) is 35.4 Å². The number of methoxy groups -OCH3 is 2. The minimum absolute atomic E-state index is 0.0910. The maximum absolute atomic E-state index is 13.8. The van der Waals surface area contributed by atoms with Crippen molar-refractivity contribution in [3.8, 4) is 11.5 Å². The van der Waals surface area contributed by atoms with E-state index in [1.54, 1.807) is 32.5 Å². The van der Waals surface area contributed by atoms with Gasteiger partial charge in [-0.2, -0.15) is 10.1 Å². The molecule has 2 atom stereocenters. The van der Waals surface area contributed by atoms with Gasteiger partial charge in [-0.1, -0.05) is 48.5 Å². The number of esters is 1. The highest BCUT2D eigenvalue weighted by Crippen LogP contribution is 2.36. The standard InChI is InChI=1S/C34H35N7O5/c1-20(35)33(43)46-19-21-8-10-23(11-9-21)30-27-7-5-4-6-25(27)18-39-41(30)29(42)13-12-24-14-22(16-28(44-2)31(24)45-3)15-26-17-38-34(37)40-32(26)36/h4-14,16-18,20,30H,15,19,35H2,1-3H3,(H4,36,37,38,40)/t20-,30?/m1/s1. The van der Waals surface area contributed by atoms with Crippen molar-refractivity contribution >= 4 is 35.9 Å². The van der Waals surface area contributed by atoms with Crippen LogP contribution in [0.4, 0.5) is 11.8 Å². The third-order valence-corrected chi connectivity index (χ3v) is 7.41. The quantitative estimate of drug-likeness (QED) is 0.175. The molecule has 4 aromatic rings. The Kier molecular flexibility index (Phi) is 9.58. The highest BCUT2D eigenvalue weighted by molar-refractivity contribution is 5.95. The van der Waals surface area contributed by atoms with Crippen molar-refractivity contribution in [2.75, 3.05) is 25.7 Å². The minimum atomic E-state index is -0.704. The monoisotopic (exact) mass is 621 g/mol. The van der Waals surface area contributed by atoms with E-state index in [2.05, 4.69) is 15.1 Å². The number of nitrogens with zero attached hydrogens (tertiary/aromatic N) is 4. The number of hydrazone groups is 1. The fraction of sp³-hybridized carbons (Fsp3) is 0.206. The first-order chi connectivity index (χ1) is 22.2. The van der Waals surface area contributed by atoms with Crippen molar-refractivity contribution in [3.05, 3.63) is 112 Å². The van der Waals surface area contributed by atoms with E-state index in [4.69, 9.17) is 31.4 Å². The molecule has 6 N–H and O–H groups in total. The van der Waals surface area contributed by atoms with Crippen molar-refractivity contribution in [1.29, 1.82) is 0 Å². The van der Waals surface area contributed by atoms with E-state index in [1.807, 2.05) is 60.7 Å². The van der Waals surface area contributed by atoms with Crippen LogP contribution in [0.2, 0.25) is 0 Å². The third-order valence-electron chi connectivity index (χ3n) is 7.41. The fourth-order valence-corrected chi connectivity index (χ4v) is 5.09. The van der Waals surface area contributed by atoms with Gasteiger partial charge in [0.25, 0.3) is 5.91 Å². The van der Waals surface area contributed by atoms with Crippen LogP contribution in [0, 0.1) is 0 Å². The topological polar surface area (TPSA) is 181 Å². The zero-order valence-electron chi connectivity index (χ0n) is 25.7. The number of fused-ring (bicyclic) bond motifs is 1. The van der Waals surface area contributed by atoms with E-state index in [-0.39, 0.29) is 24.3 Å². The number of benzene rings is 3. The summed E-state index contributed by atoms with van der Waals surface area (Å²) in [5.74, 6) is 0.482. The van der Waals surface area contributed by atoms with Gasteiger partial charge in [-0.3, -0.25) is 9.59 Å². The molecule has 0 saturated heterocycles. The molecule has 0 spiro atoms. The Morgan fingerprint density at radius 2 is 1.78 bits per heavy atom. The molecule has 5 rings (SSSR count). The second-order valence-electron chi connectivity index (χ2n) is 10.7. The van der Waals surface area contributed by atoms with Gasteiger partial charge in [-0.15, -0.1) is 0 Å². The molecule has 0 radical (unpaired) electrons. The Morgan fingerprint density at radius 3 is 2.48 bits per heavy atom. The summed E-state index contributed by atoms with van der Waals surface area (Å²) in [6.45, 7) is 1.66. The lowest BCUT2D eigenvalue weighted by molar-refractivity contribution is -0.146. The molecule has 1 aromatic heterocycles. The highest BCUT2D eigenvalue weighted by Gasteiger charge is 2.30. The molecule has 236 valence electrons. The van der Waals surface area contributed by atoms with Gasteiger partial charge >= 0.3 is 5.97 Å². The van der Waals surface area contributed by atoms with E-state index >= 15 is 0 Å². The lowest BCUT2D eigenvalue weighted by atomic mass is 9.92. The molecule has 46 heavy (non-hydrogen) atoms. The van der Waals surface area contributed by atoms with Crippen LogP contribution in [0.25, 0.3) is 6.08 Å². The lowest BCUT2D eigenvalue weighted by Crippen LogP contribution is -2.33. The number of amides is 1. The summed E-state index contributed by atoms with van der Waals surface area (Å²) in [6, 6.07) is 17.8. The highest BCUT2D eigenvalue weighted by atomic mass is 16.5. The first-order valence-corrected chi connectivity index (χ1v) is 14.5. The number of carbonyl (C=O) groups is 2. The van der Waals surface area contributed by atoms with E-state index in [9.17, 15) is 9.59 Å². The number of nitrogens with two attached hydrogens (primary N) is 3. The summed E-state index contributed by atoms with van der Waals surface area (Å²) in [5, 5.41) is 5.97. The van der Waals surface area contributed by atoms with Crippen LogP contribution >= 0.6 is 0 Å². The van der Waals surface area contributed by atoms with Crippen molar-refractivity contribution in [1.82, 2.24) is 15.0 Å². The molecule has 1 aliphatic rings. The number of anilines is 2. The van der Waals surface area contributed by atoms with Gasteiger partial charge in [0.05, 0.1) is 20.4 Å². The minimum Gasteiger partial charge on any atom is -0.493 e. The fourth-order valence-electron chi connectivity index (χ4n) is 5.09. The molecule has 12 heteroatoms. The van der Waals surface area contributed by atoms with Crippen molar-refractivity contribution in [2.45, 2.75) is 32.0 Å². The van der Waals surface area contributed by atoms with E-state index in [0.29, 0.717) is 29.0 Å². The van der Waals surface area contributed by atoms with Crippen LogP contribution in [0.15, 0.2) is 78.0 Å². The van der Waals surface area contributed by atoms with Crippen LogP contribution in [0.1, 0.15) is 51.9 Å². The Hall–Kier alpha value is -5.75. The van der Waals surface area contributed by atoms with E-state index in [0.717, 1.165) is 27.8 Å². The second kappa shape index (κ2) is 13.9. The molecule has 0 saturated carbocycles. The lowest BCUT2D eigenvalue weighted by Gasteiger charge is -2.31. The predicted molar refractivity (Wildman–Crippen MR) is 175 cm³/mol. The average molecular weight is 622 g/mol. The normalized spacial score (nSPS) is 14.5. The predicted octanol–water partition coefficient (Wildman–Crippen LogP) is 3.62. The average Bonchev–Trinajstić information content (AvgIpc) is 3.06. The van der Waals surface area contributed by atoms with Gasteiger partial charge in [-0.25, -0.2) is 9.99 Å². The molecule has 2 heterocycles. The first-order valence-electron chi connectivity index (χ1n) is 14.5. The van der Waals surface area contributed by atoms with Crippen molar-refractivity contribution in [2.24, 2.45) is 10.8 Å². The summed E-state index contributed by atoms with van der Waals surface area (Å²) in [5.41, 5.74) is 22.9. The number of ether oxygens (including phenoxy) is 3. The zero-order chi connectivity index (χ0) is 32.8. The summed E-state index contributed by atoms with van der Waals surface area (Å²) < 4.78 is 16.5. The molecule has 3 aromatic carbocycles. The second-order valence-corrected chi connectivity index (χ2v) is 10.7. The van der Waals surface area contributed by atoms with Crippen LogP contribution < -0.4 is 26.7 Å². The van der Waals surface area contributed by atoms with Gasteiger partial charge in [-0.05, 0) is 47.4 Å². The largest absolute Gasteiger partial charge is 0.493 e. The van der Waals surface area contributed by atoms with Crippen LogP contribution in [0.3, 0.4) is 0 Å². The van der Waals surface area contributed by atoms with E-state index in [1.165, 1.54) is 18.2 Å². The SMILES string of the molecule is COc1cc(Cc2cnc(N)nc2N)cc(C=CC(=O)N2N=Cc3ccccc3C2c2ccc(COC(=O)[C@@H](C)N)cc2)c1OC. The maximum atomic E-state index is 13.8. The molecule has 0 bridgehead atoms.